The molecule has 1 saturated heterocycles. The maximum Gasteiger partial charge on any atom is 0.254 e. The third kappa shape index (κ3) is 3.29. The van der Waals surface area contributed by atoms with Gasteiger partial charge in [0.1, 0.15) is 5.75 Å². The van der Waals surface area contributed by atoms with Crippen molar-refractivity contribution in [2.75, 3.05) is 33.3 Å². The molecule has 0 unspecified atom stereocenters. The highest BCUT2D eigenvalue weighted by molar-refractivity contribution is 6.32. The highest BCUT2D eigenvalue weighted by atomic mass is 35.5. The number of carbonyl (C=O) groups is 2. The first-order chi connectivity index (χ1) is 11.0. The Morgan fingerprint density at radius 1 is 1.13 bits per heavy atom. The Labute approximate surface area is 141 Å². The quantitative estimate of drug-likeness (QED) is 0.851. The maximum atomic E-state index is 12.7. The van der Waals surface area contributed by atoms with Crippen molar-refractivity contribution in [3.8, 4) is 5.75 Å². The molecular weight excluding hydrogens is 316 g/mol. The van der Waals surface area contributed by atoms with Crippen LogP contribution in [0.2, 0.25) is 5.02 Å². The van der Waals surface area contributed by atoms with E-state index in [1.165, 1.54) is 0 Å². The number of methoxy groups -OCH3 is 1. The highest BCUT2D eigenvalue weighted by Crippen LogP contribution is 2.32. The zero-order valence-corrected chi connectivity index (χ0v) is 14.2. The van der Waals surface area contributed by atoms with Gasteiger partial charge in [-0.15, -0.1) is 0 Å². The van der Waals surface area contributed by atoms with Crippen molar-refractivity contribution in [1.29, 1.82) is 0 Å². The van der Waals surface area contributed by atoms with E-state index in [1.54, 1.807) is 24.1 Å². The molecule has 1 heterocycles. The van der Waals surface area contributed by atoms with Crippen molar-refractivity contribution in [3.63, 3.8) is 0 Å². The van der Waals surface area contributed by atoms with E-state index < -0.39 is 0 Å². The van der Waals surface area contributed by atoms with Crippen LogP contribution in [0.25, 0.3) is 0 Å². The summed E-state index contributed by atoms with van der Waals surface area (Å²) >= 11 is 6.14. The Balaban J connectivity index is 1.67. The van der Waals surface area contributed by atoms with Crippen LogP contribution < -0.4 is 4.74 Å². The Bertz CT molecular complexity index is 635. The van der Waals surface area contributed by atoms with Crippen molar-refractivity contribution >= 4 is 23.4 Å². The van der Waals surface area contributed by atoms with E-state index in [1.807, 2.05) is 11.8 Å². The molecule has 1 aromatic rings. The number of rotatable bonds is 3. The predicted molar refractivity (Wildman–Crippen MR) is 87.9 cm³/mol. The van der Waals surface area contributed by atoms with E-state index in [4.69, 9.17) is 16.3 Å². The molecule has 5 nitrogen and oxygen atoms in total. The second-order valence-corrected chi connectivity index (χ2v) is 6.60. The van der Waals surface area contributed by atoms with Crippen LogP contribution in [0.5, 0.6) is 5.75 Å². The van der Waals surface area contributed by atoms with Gasteiger partial charge in [0, 0.05) is 37.7 Å². The van der Waals surface area contributed by atoms with Crippen molar-refractivity contribution in [2.45, 2.75) is 19.8 Å². The lowest BCUT2D eigenvalue weighted by molar-refractivity contribution is -0.134. The van der Waals surface area contributed by atoms with Crippen molar-refractivity contribution in [1.82, 2.24) is 9.80 Å². The van der Waals surface area contributed by atoms with Gasteiger partial charge in [-0.05, 0) is 37.5 Å². The SMILES string of the molecule is COc1cc(C)c(C(=O)N2CCN(C(=O)C3CC3)CC2)cc1Cl. The van der Waals surface area contributed by atoms with Crippen LogP contribution in [0.4, 0.5) is 0 Å². The molecule has 2 amide bonds. The van der Waals surface area contributed by atoms with E-state index in [2.05, 4.69) is 0 Å². The number of benzene rings is 1. The number of piperazine rings is 1. The Kier molecular flexibility index (Phi) is 4.48. The zero-order valence-electron chi connectivity index (χ0n) is 13.5. The normalized spacial score (nSPS) is 18.0. The van der Waals surface area contributed by atoms with Crippen LogP contribution in [0.3, 0.4) is 0 Å². The molecule has 6 heteroatoms. The lowest BCUT2D eigenvalue weighted by atomic mass is 10.1. The van der Waals surface area contributed by atoms with Gasteiger partial charge in [0.15, 0.2) is 0 Å². The molecule has 0 radical (unpaired) electrons. The number of hydrogen-bond acceptors (Lipinski definition) is 3. The lowest BCUT2D eigenvalue weighted by Gasteiger charge is -2.35. The molecular formula is C17H21ClN2O3. The van der Waals surface area contributed by atoms with Crippen LogP contribution in [0.1, 0.15) is 28.8 Å². The Hall–Kier alpha value is -1.75. The molecule has 1 aliphatic heterocycles. The molecule has 2 aliphatic rings. The van der Waals surface area contributed by atoms with E-state index in [-0.39, 0.29) is 17.7 Å². The van der Waals surface area contributed by atoms with Crippen LogP contribution in [-0.2, 0) is 4.79 Å². The Morgan fingerprint density at radius 3 is 2.30 bits per heavy atom. The van der Waals surface area contributed by atoms with Crippen molar-refractivity contribution < 1.29 is 14.3 Å². The second kappa shape index (κ2) is 6.40. The number of halogens is 1. The molecule has 0 N–H and O–H groups in total. The fourth-order valence-corrected chi connectivity index (χ4v) is 3.17. The summed E-state index contributed by atoms with van der Waals surface area (Å²) in [7, 11) is 1.55. The fourth-order valence-electron chi connectivity index (χ4n) is 2.93. The third-order valence-corrected chi connectivity index (χ3v) is 4.83. The van der Waals surface area contributed by atoms with Gasteiger partial charge in [-0.25, -0.2) is 0 Å². The molecule has 124 valence electrons. The highest BCUT2D eigenvalue weighted by Gasteiger charge is 2.35. The molecule has 1 saturated carbocycles. The topological polar surface area (TPSA) is 49.9 Å². The molecule has 1 aromatic carbocycles. The van der Waals surface area contributed by atoms with Crippen molar-refractivity contribution in [3.05, 3.63) is 28.3 Å². The van der Waals surface area contributed by atoms with Gasteiger partial charge in [-0.1, -0.05) is 11.6 Å². The van der Waals surface area contributed by atoms with E-state index in [9.17, 15) is 9.59 Å². The summed E-state index contributed by atoms with van der Waals surface area (Å²) in [5.74, 6) is 1.02. The largest absolute Gasteiger partial charge is 0.495 e. The first-order valence-corrected chi connectivity index (χ1v) is 8.31. The molecule has 0 bridgehead atoms. The summed E-state index contributed by atoms with van der Waals surface area (Å²) in [6, 6.07) is 3.45. The molecule has 0 aromatic heterocycles. The molecule has 1 aliphatic carbocycles. The van der Waals surface area contributed by atoms with Crippen LogP contribution in [-0.4, -0.2) is 54.9 Å². The summed E-state index contributed by atoms with van der Waals surface area (Å²) in [4.78, 5) is 28.5. The smallest absolute Gasteiger partial charge is 0.254 e. The average Bonchev–Trinajstić information content (AvgIpc) is 3.40. The van der Waals surface area contributed by atoms with Crippen LogP contribution in [0, 0.1) is 12.8 Å². The summed E-state index contributed by atoms with van der Waals surface area (Å²) < 4.78 is 5.17. The fraction of sp³-hybridized carbons (Fsp3) is 0.529. The zero-order chi connectivity index (χ0) is 16.6. The van der Waals surface area contributed by atoms with E-state index in [0.29, 0.717) is 42.5 Å². The number of amides is 2. The number of nitrogens with zero attached hydrogens (tertiary/aromatic N) is 2. The average molecular weight is 337 g/mol. The molecule has 0 atom stereocenters. The van der Waals surface area contributed by atoms with Crippen LogP contribution in [0.15, 0.2) is 12.1 Å². The number of ether oxygens (including phenoxy) is 1. The van der Waals surface area contributed by atoms with E-state index in [0.717, 1.165) is 18.4 Å². The third-order valence-electron chi connectivity index (χ3n) is 4.53. The standard InChI is InChI=1S/C17H21ClN2O3/c1-11-9-15(23-2)14(18)10-13(11)17(22)20-7-5-19(6-8-20)16(21)12-3-4-12/h9-10,12H,3-8H2,1-2H3. The number of carbonyl (C=O) groups excluding carboxylic acids is 2. The lowest BCUT2D eigenvalue weighted by Crippen LogP contribution is -2.51. The first kappa shape index (κ1) is 16.1. The number of hydrogen-bond donors (Lipinski definition) is 0. The van der Waals surface area contributed by atoms with E-state index >= 15 is 0 Å². The van der Waals surface area contributed by atoms with Gasteiger partial charge in [-0.3, -0.25) is 9.59 Å². The maximum absolute atomic E-state index is 12.7. The Morgan fingerprint density at radius 2 is 1.74 bits per heavy atom. The first-order valence-electron chi connectivity index (χ1n) is 7.93. The van der Waals surface area contributed by atoms with Crippen molar-refractivity contribution in [2.24, 2.45) is 5.92 Å². The molecule has 3 rings (SSSR count). The summed E-state index contributed by atoms with van der Waals surface area (Å²) in [6.45, 7) is 4.24. The number of aryl methyl sites for hydroxylation is 1. The van der Waals surface area contributed by atoms with Gasteiger partial charge in [0.2, 0.25) is 5.91 Å². The summed E-state index contributed by atoms with van der Waals surface area (Å²) in [5.41, 5.74) is 1.44. The molecule has 23 heavy (non-hydrogen) atoms. The van der Waals surface area contributed by atoms with Gasteiger partial charge in [-0.2, -0.15) is 0 Å². The van der Waals surface area contributed by atoms with Gasteiger partial charge in [0.25, 0.3) is 5.91 Å². The van der Waals surface area contributed by atoms with Gasteiger partial charge < -0.3 is 14.5 Å². The molecule has 2 fully saturated rings. The summed E-state index contributed by atoms with van der Waals surface area (Å²) in [5, 5.41) is 0.434. The minimum atomic E-state index is -0.0365. The van der Waals surface area contributed by atoms with Gasteiger partial charge >= 0.3 is 0 Å². The monoisotopic (exact) mass is 336 g/mol. The molecule has 0 spiro atoms. The second-order valence-electron chi connectivity index (χ2n) is 6.19. The van der Waals surface area contributed by atoms with Crippen LogP contribution >= 0.6 is 11.6 Å². The minimum Gasteiger partial charge on any atom is -0.495 e. The predicted octanol–water partition coefficient (Wildman–Crippen LogP) is 2.35. The minimum absolute atomic E-state index is 0.0365. The van der Waals surface area contributed by atoms with Gasteiger partial charge in [0.05, 0.1) is 12.1 Å². The summed E-state index contributed by atoms with van der Waals surface area (Å²) in [6.07, 6.45) is 2.03.